The number of hydrogen-bond donors (Lipinski definition) is 0. The van der Waals surface area contributed by atoms with Crippen LogP contribution in [0.4, 0.5) is 57.1 Å². The van der Waals surface area contributed by atoms with E-state index in [-0.39, 0.29) is 0 Å². The lowest BCUT2D eigenvalue weighted by atomic mass is 10.1. The van der Waals surface area contributed by atoms with E-state index < -0.39 is 43.1 Å². The molecule has 0 aliphatic carbocycles. The molecule has 0 unspecified atom stereocenters. The summed E-state index contributed by atoms with van der Waals surface area (Å²) in [6.07, 6.45) is -31.4. The molecule has 0 saturated carbocycles. The molecule has 0 rings (SSSR count). The maximum atomic E-state index is 12.8. The molecule has 0 N–H and O–H groups in total. The van der Waals surface area contributed by atoms with Gasteiger partial charge in [0.1, 0.15) is 6.61 Å². The van der Waals surface area contributed by atoms with Gasteiger partial charge in [-0.05, 0) is 0 Å². The highest BCUT2D eigenvalue weighted by Gasteiger charge is 2.74. The van der Waals surface area contributed by atoms with Gasteiger partial charge in [-0.1, -0.05) is 0 Å². The van der Waals surface area contributed by atoms with Gasteiger partial charge in [-0.3, -0.25) is 0 Å². The topological polar surface area (TPSA) is 9.23 Å². The predicted molar refractivity (Wildman–Crippen MR) is 37.8 cm³/mol. The van der Waals surface area contributed by atoms with Crippen LogP contribution in [0.2, 0.25) is 0 Å². The molecule has 1 nitrogen and oxygen atoms in total. The maximum absolute atomic E-state index is 12.8. The fraction of sp³-hybridized carbons (Fsp3) is 1.00. The summed E-state index contributed by atoms with van der Waals surface area (Å²) in [5.74, 6) is 0. The molecule has 0 aliphatic heterocycles. The van der Waals surface area contributed by atoms with Gasteiger partial charge in [0.15, 0.2) is 0 Å². The van der Waals surface area contributed by atoms with Crippen LogP contribution in [0.15, 0.2) is 0 Å². The molecule has 0 amide bonds. The van der Waals surface area contributed by atoms with E-state index in [0.29, 0.717) is 0 Å². The molecule has 0 atom stereocenters. The maximum Gasteiger partial charge on any atom is 0.433 e. The molecule has 0 saturated heterocycles. The van der Waals surface area contributed by atoms with Gasteiger partial charge in [-0.2, -0.15) is 52.7 Å². The molecular formula is C7H3F13O. The SMILES string of the molecule is FC(F)(F)C(OCC(F)(C(F)(F)F)C(F)(F)F)C(F)(F)F. The summed E-state index contributed by atoms with van der Waals surface area (Å²) in [5.41, 5.74) is -6.38. The van der Waals surface area contributed by atoms with Crippen molar-refractivity contribution in [1.82, 2.24) is 0 Å². The third-order valence-corrected chi connectivity index (χ3v) is 1.94. The van der Waals surface area contributed by atoms with Crippen molar-refractivity contribution in [3.05, 3.63) is 0 Å². The smallest absolute Gasteiger partial charge is 0.357 e. The Bertz CT molecular complexity index is 315. The number of rotatable bonds is 3. The molecule has 21 heavy (non-hydrogen) atoms. The van der Waals surface area contributed by atoms with Crippen LogP contribution in [0.25, 0.3) is 0 Å². The van der Waals surface area contributed by atoms with Crippen molar-refractivity contribution in [1.29, 1.82) is 0 Å². The van der Waals surface area contributed by atoms with Crippen LogP contribution in [0.5, 0.6) is 0 Å². The zero-order valence-corrected chi connectivity index (χ0v) is 9.11. The van der Waals surface area contributed by atoms with Crippen molar-refractivity contribution in [3.63, 3.8) is 0 Å². The normalized spacial score (nSPS) is 15.7. The Labute approximate surface area is 106 Å². The summed E-state index contributed by atoms with van der Waals surface area (Å²) in [6, 6.07) is 0. The van der Waals surface area contributed by atoms with Gasteiger partial charge >= 0.3 is 30.4 Å². The molecule has 14 heteroatoms. The van der Waals surface area contributed by atoms with Crippen molar-refractivity contribution in [2.24, 2.45) is 0 Å². The van der Waals surface area contributed by atoms with Crippen LogP contribution in [-0.4, -0.2) is 43.1 Å². The van der Waals surface area contributed by atoms with Crippen molar-refractivity contribution in [3.8, 4) is 0 Å². The number of hydrogen-bond acceptors (Lipinski definition) is 1. The van der Waals surface area contributed by atoms with Gasteiger partial charge in [0.25, 0.3) is 0 Å². The lowest BCUT2D eigenvalue weighted by Crippen LogP contribution is -2.58. The number of ether oxygens (including phenoxy) is 1. The molecule has 0 aromatic heterocycles. The number of halogens is 13. The van der Waals surface area contributed by atoms with E-state index in [1.165, 1.54) is 0 Å². The van der Waals surface area contributed by atoms with Crippen LogP contribution in [-0.2, 0) is 4.74 Å². The first kappa shape index (κ1) is 20.1. The van der Waals surface area contributed by atoms with E-state index in [9.17, 15) is 57.1 Å². The van der Waals surface area contributed by atoms with Gasteiger partial charge in [0, 0.05) is 0 Å². The van der Waals surface area contributed by atoms with Gasteiger partial charge in [-0.15, -0.1) is 0 Å². The molecular weight excluding hydrogens is 347 g/mol. The second-order valence-electron chi connectivity index (χ2n) is 3.57. The largest absolute Gasteiger partial charge is 0.433 e. The lowest BCUT2D eigenvalue weighted by Gasteiger charge is -2.32. The highest BCUT2D eigenvalue weighted by molar-refractivity contribution is 4.95. The monoisotopic (exact) mass is 350 g/mol. The summed E-state index contributed by atoms with van der Waals surface area (Å²) in [4.78, 5) is 0. The Hall–Kier alpha value is -0.950. The Morgan fingerprint density at radius 3 is 1.05 bits per heavy atom. The summed E-state index contributed by atoms with van der Waals surface area (Å²) in [5, 5.41) is 0. The minimum atomic E-state index is -6.83. The molecule has 0 heterocycles. The minimum Gasteiger partial charge on any atom is -0.357 e. The summed E-state index contributed by atoms with van der Waals surface area (Å²) >= 11 is 0. The van der Waals surface area contributed by atoms with Gasteiger partial charge < -0.3 is 4.74 Å². The molecule has 0 radical (unpaired) electrons. The molecule has 0 aromatic carbocycles. The Kier molecular flexibility index (Phi) is 5.11. The first-order chi connectivity index (χ1) is 8.84. The van der Waals surface area contributed by atoms with Crippen molar-refractivity contribution >= 4 is 0 Å². The average Bonchev–Trinajstić information content (AvgIpc) is 2.08. The van der Waals surface area contributed by atoms with Gasteiger partial charge in [-0.25, -0.2) is 4.39 Å². The van der Waals surface area contributed by atoms with E-state index in [2.05, 4.69) is 4.74 Å². The van der Waals surface area contributed by atoms with Crippen LogP contribution >= 0.6 is 0 Å². The lowest BCUT2D eigenvalue weighted by molar-refractivity contribution is -0.377. The first-order valence-electron chi connectivity index (χ1n) is 4.41. The standard InChI is InChI=1S/C7H3F13O/c8-3(6(15,16)17,7(18,19)20)1-21-2(4(9,10)11)5(12,13)14/h2H,1H2. The molecule has 0 aromatic rings. The zero-order chi connectivity index (χ0) is 17.5. The third-order valence-electron chi connectivity index (χ3n) is 1.94. The molecule has 0 fully saturated rings. The summed E-state index contributed by atoms with van der Waals surface area (Å²) < 4.78 is 158. The predicted octanol–water partition coefficient (Wildman–Crippen LogP) is 4.33. The van der Waals surface area contributed by atoms with E-state index in [4.69, 9.17) is 0 Å². The number of alkyl halides is 13. The van der Waals surface area contributed by atoms with Crippen LogP contribution in [0.3, 0.4) is 0 Å². The third kappa shape index (κ3) is 4.51. The highest BCUT2D eigenvalue weighted by atomic mass is 19.4. The second-order valence-corrected chi connectivity index (χ2v) is 3.57. The average molecular weight is 350 g/mol. The minimum absolute atomic E-state index is 2.52. The van der Waals surface area contributed by atoms with Crippen LogP contribution in [0, 0.1) is 0 Å². The fourth-order valence-corrected chi connectivity index (χ4v) is 0.897. The molecule has 0 aliphatic rings. The van der Waals surface area contributed by atoms with E-state index >= 15 is 0 Å². The second kappa shape index (κ2) is 5.35. The highest BCUT2D eigenvalue weighted by Crippen LogP contribution is 2.47. The Balaban J connectivity index is 5.42. The van der Waals surface area contributed by atoms with E-state index in [0.717, 1.165) is 0 Å². The van der Waals surface area contributed by atoms with Crippen molar-refractivity contribution in [2.45, 2.75) is 36.5 Å². The molecule has 0 spiro atoms. The van der Waals surface area contributed by atoms with Crippen LogP contribution in [0.1, 0.15) is 0 Å². The zero-order valence-electron chi connectivity index (χ0n) is 9.11. The quantitative estimate of drug-likeness (QED) is 0.689. The summed E-state index contributed by atoms with van der Waals surface area (Å²) in [6.45, 7) is -3.55. The molecule has 128 valence electrons. The van der Waals surface area contributed by atoms with Crippen molar-refractivity contribution in [2.75, 3.05) is 6.61 Å². The molecule has 0 bridgehead atoms. The van der Waals surface area contributed by atoms with Gasteiger partial charge in [0.05, 0.1) is 0 Å². The summed E-state index contributed by atoms with van der Waals surface area (Å²) in [7, 11) is 0. The Morgan fingerprint density at radius 2 is 0.857 bits per heavy atom. The van der Waals surface area contributed by atoms with E-state index in [1.807, 2.05) is 0 Å². The van der Waals surface area contributed by atoms with Gasteiger partial charge in [0.2, 0.25) is 6.10 Å². The Morgan fingerprint density at radius 1 is 0.571 bits per heavy atom. The van der Waals surface area contributed by atoms with E-state index in [1.54, 1.807) is 0 Å². The van der Waals surface area contributed by atoms with Crippen molar-refractivity contribution < 1.29 is 61.8 Å². The van der Waals surface area contributed by atoms with Crippen LogP contribution < -0.4 is 0 Å². The fourth-order valence-electron chi connectivity index (χ4n) is 0.897. The first-order valence-corrected chi connectivity index (χ1v) is 4.41.